The van der Waals surface area contributed by atoms with E-state index in [0.29, 0.717) is 12.8 Å². The van der Waals surface area contributed by atoms with Crippen LogP contribution in [0.4, 0.5) is 5.69 Å². The second-order valence-corrected chi connectivity index (χ2v) is 7.79. The fourth-order valence-corrected chi connectivity index (χ4v) is 4.59. The number of likely N-dealkylation sites (tertiary alicyclic amines) is 1. The summed E-state index contributed by atoms with van der Waals surface area (Å²) in [6.45, 7) is 3.93. The topological polar surface area (TPSA) is 79.0 Å². The molecule has 2 fully saturated rings. The maximum absolute atomic E-state index is 13.0. The lowest BCUT2D eigenvalue weighted by Crippen LogP contribution is -2.56. The van der Waals surface area contributed by atoms with Gasteiger partial charge in [0.05, 0.1) is 18.4 Å². The van der Waals surface area contributed by atoms with Gasteiger partial charge in [0, 0.05) is 32.9 Å². The summed E-state index contributed by atoms with van der Waals surface area (Å²) >= 11 is 0. The Hall–Kier alpha value is -2.41. The normalized spacial score (nSPS) is 29.2. The molecule has 2 aliphatic rings. The number of hydrogen-bond donors (Lipinski definition) is 1. The monoisotopic (exact) mass is 387 g/mol. The summed E-state index contributed by atoms with van der Waals surface area (Å²) < 4.78 is 5.35. The van der Waals surface area contributed by atoms with Gasteiger partial charge in [0.15, 0.2) is 0 Å². The van der Waals surface area contributed by atoms with Gasteiger partial charge >= 0.3 is 5.97 Å². The van der Waals surface area contributed by atoms with Crippen molar-refractivity contribution in [1.29, 1.82) is 0 Å². The molecule has 4 atom stereocenters. The van der Waals surface area contributed by atoms with Gasteiger partial charge in [0.2, 0.25) is 11.8 Å². The standard InChI is InChI=1S/C21H29N3O4/c1-6-12-21(20(27)28-7-2)16-15(18(25)24(5)19(16)26)17(22-21)13-8-10-14(11-9-13)23(3)4/h8-11,15-17,22H,6-7,12H2,1-5H3/t15-,16+,17-,21+/m1/s1. The Bertz CT molecular complexity index is 776. The van der Waals surface area contributed by atoms with Crippen LogP contribution in [0.3, 0.4) is 0 Å². The number of carbonyl (C=O) groups excluding carboxylic acids is 3. The Morgan fingerprint density at radius 2 is 1.82 bits per heavy atom. The third-order valence-corrected chi connectivity index (χ3v) is 5.93. The van der Waals surface area contributed by atoms with Crippen molar-refractivity contribution < 1.29 is 19.1 Å². The van der Waals surface area contributed by atoms with Crippen molar-refractivity contribution >= 4 is 23.5 Å². The van der Waals surface area contributed by atoms with E-state index in [1.165, 1.54) is 11.9 Å². The van der Waals surface area contributed by atoms with E-state index in [9.17, 15) is 14.4 Å². The highest BCUT2D eigenvalue weighted by atomic mass is 16.5. The number of esters is 1. The van der Waals surface area contributed by atoms with Crippen LogP contribution in [0.15, 0.2) is 24.3 Å². The van der Waals surface area contributed by atoms with Gasteiger partial charge in [-0.1, -0.05) is 25.5 Å². The van der Waals surface area contributed by atoms with Crippen molar-refractivity contribution in [3.8, 4) is 0 Å². The van der Waals surface area contributed by atoms with Crippen LogP contribution in [-0.4, -0.2) is 56.0 Å². The lowest BCUT2D eigenvalue weighted by atomic mass is 9.77. The third kappa shape index (κ3) is 2.98. The zero-order valence-electron chi connectivity index (χ0n) is 17.2. The van der Waals surface area contributed by atoms with Crippen molar-refractivity contribution in [2.45, 2.75) is 38.3 Å². The van der Waals surface area contributed by atoms with E-state index < -0.39 is 29.4 Å². The first-order chi connectivity index (χ1) is 13.3. The summed E-state index contributed by atoms with van der Waals surface area (Å²) in [6, 6.07) is 7.43. The summed E-state index contributed by atoms with van der Waals surface area (Å²) in [5.41, 5.74) is 0.742. The number of carbonyl (C=O) groups is 3. The first kappa shape index (κ1) is 20.3. The Labute approximate surface area is 166 Å². The predicted octanol–water partition coefficient (Wildman–Crippen LogP) is 1.73. The van der Waals surface area contributed by atoms with Crippen LogP contribution in [0.25, 0.3) is 0 Å². The van der Waals surface area contributed by atoms with E-state index in [1.807, 2.05) is 50.2 Å². The van der Waals surface area contributed by atoms with Crippen LogP contribution in [0, 0.1) is 11.8 Å². The molecule has 0 spiro atoms. The molecule has 0 bridgehead atoms. The van der Waals surface area contributed by atoms with Crippen LogP contribution in [0.2, 0.25) is 0 Å². The number of benzene rings is 1. The molecule has 0 aromatic heterocycles. The van der Waals surface area contributed by atoms with Crippen LogP contribution in [0.5, 0.6) is 0 Å². The Morgan fingerprint density at radius 3 is 2.36 bits per heavy atom. The Balaban J connectivity index is 2.08. The minimum atomic E-state index is -1.18. The zero-order chi connectivity index (χ0) is 20.6. The van der Waals surface area contributed by atoms with Crippen LogP contribution < -0.4 is 10.2 Å². The van der Waals surface area contributed by atoms with Crippen LogP contribution in [-0.2, 0) is 19.1 Å². The van der Waals surface area contributed by atoms with Crippen molar-refractivity contribution in [1.82, 2.24) is 10.2 Å². The molecule has 2 amide bonds. The molecule has 3 rings (SSSR count). The molecule has 2 aliphatic heterocycles. The second-order valence-electron chi connectivity index (χ2n) is 7.79. The summed E-state index contributed by atoms with van der Waals surface area (Å²) in [5.74, 6) is -2.36. The van der Waals surface area contributed by atoms with Gasteiger partial charge < -0.3 is 9.64 Å². The van der Waals surface area contributed by atoms with Gasteiger partial charge in [0.25, 0.3) is 0 Å². The molecule has 28 heavy (non-hydrogen) atoms. The molecule has 0 aliphatic carbocycles. The Kier molecular flexibility index (Phi) is 5.48. The number of nitrogens with zero attached hydrogens (tertiary/aromatic N) is 2. The van der Waals surface area contributed by atoms with Crippen molar-refractivity contribution in [2.75, 3.05) is 32.6 Å². The first-order valence-corrected chi connectivity index (χ1v) is 9.82. The first-order valence-electron chi connectivity index (χ1n) is 9.82. The molecular formula is C21H29N3O4. The molecular weight excluding hydrogens is 358 g/mol. The largest absolute Gasteiger partial charge is 0.465 e. The van der Waals surface area contributed by atoms with E-state index in [0.717, 1.165) is 11.3 Å². The lowest BCUT2D eigenvalue weighted by molar-refractivity contribution is -0.156. The summed E-state index contributed by atoms with van der Waals surface area (Å²) in [5, 5.41) is 3.38. The highest BCUT2D eigenvalue weighted by Crippen LogP contribution is 2.50. The van der Waals surface area contributed by atoms with Gasteiger partial charge in [-0.25, -0.2) is 0 Å². The van der Waals surface area contributed by atoms with E-state index >= 15 is 0 Å². The number of rotatable bonds is 6. The number of nitrogens with one attached hydrogen (secondary N) is 1. The number of imide groups is 1. The highest BCUT2D eigenvalue weighted by Gasteiger charge is 2.67. The van der Waals surface area contributed by atoms with Crippen molar-refractivity contribution in [2.24, 2.45) is 11.8 Å². The van der Waals surface area contributed by atoms with Gasteiger partial charge in [-0.15, -0.1) is 0 Å². The van der Waals surface area contributed by atoms with Gasteiger partial charge in [-0.3, -0.25) is 24.6 Å². The maximum atomic E-state index is 13.0. The SMILES string of the molecule is CCC[C@]1(C(=O)OCC)N[C@H](c2ccc(N(C)C)cc2)[C@@H]2C(=O)N(C)C(=O)[C@H]21. The number of anilines is 1. The molecule has 2 heterocycles. The molecule has 2 saturated heterocycles. The Morgan fingerprint density at radius 1 is 1.18 bits per heavy atom. The average molecular weight is 387 g/mol. The number of fused-ring (bicyclic) bond motifs is 1. The minimum Gasteiger partial charge on any atom is -0.465 e. The molecule has 0 radical (unpaired) electrons. The lowest BCUT2D eigenvalue weighted by Gasteiger charge is -2.32. The molecule has 7 nitrogen and oxygen atoms in total. The van der Waals surface area contributed by atoms with E-state index in [1.54, 1.807) is 6.92 Å². The van der Waals surface area contributed by atoms with Crippen LogP contribution >= 0.6 is 0 Å². The maximum Gasteiger partial charge on any atom is 0.327 e. The molecule has 0 unspecified atom stereocenters. The fraction of sp³-hybridized carbons (Fsp3) is 0.571. The van der Waals surface area contributed by atoms with Crippen molar-refractivity contribution in [3.63, 3.8) is 0 Å². The molecule has 1 N–H and O–H groups in total. The minimum absolute atomic E-state index is 0.226. The predicted molar refractivity (Wildman–Crippen MR) is 106 cm³/mol. The van der Waals surface area contributed by atoms with Gasteiger partial charge in [0.1, 0.15) is 5.54 Å². The summed E-state index contributed by atoms with van der Waals surface area (Å²) in [6.07, 6.45) is 1.12. The van der Waals surface area contributed by atoms with E-state index in [4.69, 9.17) is 4.74 Å². The van der Waals surface area contributed by atoms with Gasteiger partial charge in [-0.2, -0.15) is 0 Å². The molecule has 1 aromatic carbocycles. The quantitative estimate of drug-likeness (QED) is 0.592. The van der Waals surface area contributed by atoms with Gasteiger partial charge in [-0.05, 0) is 31.0 Å². The number of amides is 2. The average Bonchev–Trinajstić information content (AvgIpc) is 3.13. The second kappa shape index (κ2) is 7.54. The van der Waals surface area contributed by atoms with Crippen molar-refractivity contribution in [3.05, 3.63) is 29.8 Å². The van der Waals surface area contributed by atoms with E-state index in [2.05, 4.69) is 5.32 Å². The van der Waals surface area contributed by atoms with E-state index in [-0.39, 0.29) is 18.4 Å². The molecule has 7 heteroatoms. The molecule has 0 saturated carbocycles. The number of hydrogen-bond acceptors (Lipinski definition) is 6. The third-order valence-electron chi connectivity index (χ3n) is 5.93. The zero-order valence-corrected chi connectivity index (χ0v) is 17.2. The molecule has 152 valence electrons. The highest BCUT2D eigenvalue weighted by molar-refractivity contribution is 6.09. The summed E-state index contributed by atoms with van der Waals surface area (Å²) in [7, 11) is 5.41. The van der Waals surface area contributed by atoms with Crippen LogP contribution in [0.1, 0.15) is 38.3 Å². The molecule has 1 aromatic rings. The smallest absolute Gasteiger partial charge is 0.327 e. The summed E-state index contributed by atoms with van der Waals surface area (Å²) in [4.78, 5) is 42.1. The fourth-order valence-electron chi connectivity index (χ4n) is 4.59. The number of ether oxygens (including phenoxy) is 1.